The number of hydrogen-bond donors (Lipinski definition) is 2. The average Bonchev–Trinajstić information content (AvgIpc) is 2.40. The summed E-state index contributed by atoms with van der Waals surface area (Å²) in [5.41, 5.74) is -1.16. The van der Waals surface area contributed by atoms with Crippen LogP contribution in [0.2, 0.25) is 0 Å². The Kier molecular flexibility index (Phi) is 4.56. The molecule has 2 N–H and O–H groups in total. The first-order valence-corrected chi connectivity index (χ1v) is 6.88. The van der Waals surface area contributed by atoms with Crippen LogP contribution in [-0.4, -0.2) is 35.4 Å². The Hall–Kier alpha value is -1.25. The van der Waals surface area contributed by atoms with E-state index in [0.29, 0.717) is 26.1 Å². The summed E-state index contributed by atoms with van der Waals surface area (Å²) in [7, 11) is 0. The first-order chi connectivity index (χ1) is 9.41. The summed E-state index contributed by atoms with van der Waals surface area (Å²) in [6.07, 6.45) is 0.909. The van der Waals surface area contributed by atoms with Crippen molar-refractivity contribution in [2.24, 2.45) is 0 Å². The van der Waals surface area contributed by atoms with Crippen molar-refractivity contribution >= 4 is 27.3 Å². The Morgan fingerprint density at radius 1 is 1.50 bits per heavy atom. The monoisotopic (exact) mass is 348 g/mol. The molecular formula is C12H14BrFN2O4. The number of aliphatic hydroxyl groups is 1. The van der Waals surface area contributed by atoms with Crippen molar-refractivity contribution < 1.29 is 19.2 Å². The zero-order valence-corrected chi connectivity index (χ0v) is 12.2. The standard InChI is InChI=1S/C12H14BrFN2O4/c13-8-5-10(11(16(18)19)6-9(8)14)15-7-12(17)1-3-20-4-2-12/h5-6,15,17H,1-4,7H2. The van der Waals surface area contributed by atoms with Gasteiger partial charge in [0.25, 0.3) is 5.69 Å². The zero-order chi connectivity index (χ0) is 14.8. The quantitative estimate of drug-likeness (QED) is 0.644. The maximum Gasteiger partial charge on any atom is 0.295 e. The van der Waals surface area contributed by atoms with E-state index >= 15 is 0 Å². The predicted molar refractivity (Wildman–Crippen MR) is 74.2 cm³/mol. The van der Waals surface area contributed by atoms with Crippen molar-refractivity contribution in [2.45, 2.75) is 18.4 Å². The Morgan fingerprint density at radius 3 is 2.75 bits per heavy atom. The van der Waals surface area contributed by atoms with E-state index in [0.717, 1.165) is 6.07 Å². The molecule has 8 heteroatoms. The molecule has 0 aliphatic carbocycles. The van der Waals surface area contributed by atoms with Crippen LogP contribution in [0.5, 0.6) is 0 Å². The van der Waals surface area contributed by atoms with Gasteiger partial charge in [0.05, 0.1) is 21.1 Å². The van der Waals surface area contributed by atoms with E-state index in [2.05, 4.69) is 21.2 Å². The fourth-order valence-corrected chi connectivity index (χ4v) is 2.36. The number of nitro groups is 1. The molecule has 0 bridgehead atoms. The number of anilines is 1. The van der Waals surface area contributed by atoms with Crippen LogP contribution >= 0.6 is 15.9 Å². The molecule has 110 valence electrons. The molecule has 0 atom stereocenters. The molecule has 0 saturated carbocycles. The van der Waals surface area contributed by atoms with Gasteiger partial charge in [0.2, 0.25) is 0 Å². The largest absolute Gasteiger partial charge is 0.388 e. The van der Waals surface area contributed by atoms with Gasteiger partial charge < -0.3 is 15.2 Å². The number of nitrogens with zero attached hydrogens (tertiary/aromatic N) is 1. The highest BCUT2D eigenvalue weighted by molar-refractivity contribution is 9.10. The second-order valence-corrected chi connectivity index (χ2v) is 5.59. The second-order valence-electron chi connectivity index (χ2n) is 4.73. The van der Waals surface area contributed by atoms with E-state index in [1.165, 1.54) is 6.07 Å². The van der Waals surface area contributed by atoms with E-state index in [1.54, 1.807) is 0 Å². The Balaban J connectivity index is 2.16. The van der Waals surface area contributed by atoms with Crippen LogP contribution < -0.4 is 5.32 Å². The third kappa shape index (κ3) is 3.44. The van der Waals surface area contributed by atoms with Crippen LogP contribution in [0, 0.1) is 15.9 Å². The van der Waals surface area contributed by atoms with Crippen LogP contribution in [0.1, 0.15) is 12.8 Å². The summed E-state index contributed by atoms with van der Waals surface area (Å²) in [6, 6.07) is 2.15. The third-order valence-corrected chi connectivity index (χ3v) is 3.87. The van der Waals surface area contributed by atoms with E-state index in [4.69, 9.17) is 4.74 Å². The van der Waals surface area contributed by atoms with Gasteiger partial charge in [-0.2, -0.15) is 0 Å². The van der Waals surface area contributed by atoms with Crippen molar-refractivity contribution in [1.29, 1.82) is 0 Å². The van der Waals surface area contributed by atoms with Gasteiger partial charge in [0.15, 0.2) is 0 Å². The van der Waals surface area contributed by atoms with Gasteiger partial charge in [0, 0.05) is 32.6 Å². The SMILES string of the molecule is O=[N+]([O-])c1cc(F)c(Br)cc1NCC1(O)CCOCC1. The number of hydrogen-bond acceptors (Lipinski definition) is 5. The lowest BCUT2D eigenvalue weighted by molar-refractivity contribution is -0.384. The molecule has 1 fully saturated rings. The molecule has 0 radical (unpaired) electrons. The Bertz CT molecular complexity index is 520. The molecule has 20 heavy (non-hydrogen) atoms. The van der Waals surface area contributed by atoms with Crippen LogP contribution in [0.3, 0.4) is 0 Å². The number of benzene rings is 1. The van der Waals surface area contributed by atoms with Crippen LogP contribution in [0.15, 0.2) is 16.6 Å². The van der Waals surface area contributed by atoms with Crippen molar-refractivity contribution in [2.75, 3.05) is 25.1 Å². The summed E-state index contributed by atoms with van der Waals surface area (Å²) < 4.78 is 18.6. The summed E-state index contributed by atoms with van der Waals surface area (Å²) in [5.74, 6) is -0.702. The summed E-state index contributed by atoms with van der Waals surface area (Å²) in [4.78, 5) is 10.3. The predicted octanol–water partition coefficient (Wildman–Crippen LogP) is 2.45. The van der Waals surface area contributed by atoms with Gasteiger partial charge in [-0.05, 0) is 22.0 Å². The van der Waals surface area contributed by atoms with Crippen molar-refractivity contribution in [3.8, 4) is 0 Å². The van der Waals surface area contributed by atoms with E-state index in [9.17, 15) is 19.6 Å². The molecule has 1 aromatic carbocycles. The van der Waals surface area contributed by atoms with Crippen molar-refractivity contribution in [3.05, 3.63) is 32.5 Å². The molecule has 0 unspecified atom stereocenters. The zero-order valence-electron chi connectivity index (χ0n) is 10.6. The molecule has 0 aromatic heterocycles. The van der Waals surface area contributed by atoms with Crippen molar-refractivity contribution in [1.82, 2.24) is 0 Å². The smallest absolute Gasteiger partial charge is 0.295 e. The molecule has 6 nitrogen and oxygen atoms in total. The molecule has 2 rings (SSSR count). The molecule has 1 aliphatic heterocycles. The molecule has 0 spiro atoms. The number of ether oxygens (including phenoxy) is 1. The normalized spacial score (nSPS) is 17.8. The van der Waals surface area contributed by atoms with Crippen molar-refractivity contribution in [3.63, 3.8) is 0 Å². The van der Waals surface area contributed by atoms with Gasteiger partial charge in [0.1, 0.15) is 11.5 Å². The molecular weight excluding hydrogens is 335 g/mol. The highest BCUT2D eigenvalue weighted by Gasteiger charge is 2.30. The fraction of sp³-hybridized carbons (Fsp3) is 0.500. The molecule has 1 saturated heterocycles. The minimum absolute atomic E-state index is 0.129. The van der Waals surface area contributed by atoms with Gasteiger partial charge in [-0.25, -0.2) is 4.39 Å². The van der Waals surface area contributed by atoms with E-state index in [1.807, 2.05) is 0 Å². The van der Waals surface area contributed by atoms with E-state index in [-0.39, 0.29) is 22.4 Å². The van der Waals surface area contributed by atoms with Crippen LogP contribution in [-0.2, 0) is 4.74 Å². The lowest BCUT2D eigenvalue weighted by Gasteiger charge is -2.32. The summed E-state index contributed by atoms with van der Waals surface area (Å²) >= 11 is 2.99. The molecule has 1 heterocycles. The maximum absolute atomic E-state index is 13.3. The summed E-state index contributed by atoms with van der Waals surface area (Å²) in [5, 5.41) is 24.0. The van der Waals surface area contributed by atoms with Gasteiger partial charge >= 0.3 is 0 Å². The lowest BCUT2D eigenvalue weighted by Crippen LogP contribution is -2.42. The molecule has 1 aliphatic rings. The molecule has 0 amide bonds. The third-order valence-electron chi connectivity index (χ3n) is 3.27. The van der Waals surface area contributed by atoms with E-state index < -0.39 is 16.3 Å². The highest BCUT2D eigenvalue weighted by Crippen LogP contribution is 2.31. The van der Waals surface area contributed by atoms with Crippen LogP contribution in [0.25, 0.3) is 0 Å². The first-order valence-electron chi connectivity index (χ1n) is 6.09. The highest BCUT2D eigenvalue weighted by atomic mass is 79.9. The van der Waals surface area contributed by atoms with Gasteiger partial charge in [-0.15, -0.1) is 0 Å². The Labute approximate surface area is 123 Å². The number of halogens is 2. The van der Waals surface area contributed by atoms with Gasteiger partial charge in [-0.1, -0.05) is 0 Å². The number of rotatable bonds is 4. The molecule has 1 aromatic rings. The topological polar surface area (TPSA) is 84.6 Å². The summed E-state index contributed by atoms with van der Waals surface area (Å²) in [6.45, 7) is 1.05. The lowest BCUT2D eigenvalue weighted by atomic mass is 9.94. The number of nitro benzene ring substituents is 1. The fourth-order valence-electron chi connectivity index (χ4n) is 2.02. The van der Waals surface area contributed by atoms with Crippen LogP contribution in [0.4, 0.5) is 15.8 Å². The first kappa shape index (κ1) is 15.1. The minimum Gasteiger partial charge on any atom is -0.388 e. The minimum atomic E-state index is -0.965. The average molecular weight is 349 g/mol. The van der Waals surface area contributed by atoms with Gasteiger partial charge in [-0.3, -0.25) is 10.1 Å². The number of nitrogens with one attached hydrogen (secondary N) is 1. The Morgan fingerprint density at radius 2 is 2.15 bits per heavy atom. The second kappa shape index (κ2) is 6.02. The maximum atomic E-state index is 13.3.